The standard InChI is InChI=1S/C20H20FN3O3/c1-2-13-4-3-5-17(10-13)24-12-15(11-18(24)25)20(27)23-22-19(26)14-6-8-16(21)9-7-14/h3-10,15H,2,11-12H2,1H3,(H,22,26)(H,23,27). The van der Waals surface area contributed by atoms with Crippen molar-refractivity contribution in [1.82, 2.24) is 10.9 Å². The number of halogens is 1. The molecule has 140 valence electrons. The Balaban J connectivity index is 1.58. The minimum absolute atomic E-state index is 0.0780. The molecule has 0 saturated carbocycles. The molecule has 1 unspecified atom stereocenters. The van der Waals surface area contributed by atoms with Crippen LogP contribution in [0.5, 0.6) is 0 Å². The van der Waals surface area contributed by atoms with Gasteiger partial charge in [0.05, 0.1) is 5.92 Å². The molecule has 0 radical (unpaired) electrons. The van der Waals surface area contributed by atoms with Crippen molar-refractivity contribution in [3.8, 4) is 0 Å². The number of hydrazine groups is 1. The Morgan fingerprint density at radius 2 is 1.89 bits per heavy atom. The van der Waals surface area contributed by atoms with E-state index in [9.17, 15) is 18.8 Å². The summed E-state index contributed by atoms with van der Waals surface area (Å²) in [5, 5.41) is 0. The van der Waals surface area contributed by atoms with E-state index in [-0.39, 0.29) is 24.4 Å². The Bertz CT molecular complexity index is 867. The SMILES string of the molecule is CCc1cccc(N2CC(C(=O)NNC(=O)c3ccc(F)cc3)CC2=O)c1. The van der Waals surface area contributed by atoms with Crippen LogP contribution in [-0.2, 0) is 16.0 Å². The molecule has 0 aliphatic carbocycles. The Kier molecular flexibility index (Phi) is 5.49. The number of nitrogens with zero attached hydrogens (tertiary/aromatic N) is 1. The first-order valence-corrected chi connectivity index (χ1v) is 8.73. The van der Waals surface area contributed by atoms with Gasteiger partial charge in [0, 0.05) is 24.2 Å². The third-order valence-electron chi connectivity index (χ3n) is 4.53. The first-order chi connectivity index (χ1) is 13.0. The second-order valence-electron chi connectivity index (χ2n) is 6.38. The van der Waals surface area contributed by atoms with E-state index in [1.54, 1.807) is 4.90 Å². The Morgan fingerprint density at radius 3 is 2.59 bits per heavy atom. The summed E-state index contributed by atoms with van der Waals surface area (Å²) in [5.41, 5.74) is 6.73. The maximum Gasteiger partial charge on any atom is 0.269 e. The summed E-state index contributed by atoms with van der Waals surface area (Å²) in [4.78, 5) is 38.2. The number of aryl methyl sites for hydroxylation is 1. The fourth-order valence-electron chi connectivity index (χ4n) is 2.97. The summed E-state index contributed by atoms with van der Waals surface area (Å²) in [7, 11) is 0. The van der Waals surface area contributed by atoms with Gasteiger partial charge in [0.2, 0.25) is 11.8 Å². The van der Waals surface area contributed by atoms with Crippen LogP contribution in [-0.4, -0.2) is 24.3 Å². The summed E-state index contributed by atoms with van der Waals surface area (Å²) in [5.74, 6) is -2.13. The Labute approximate surface area is 156 Å². The molecule has 2 aromatic rings. The number of nitrogens with one attached hydrogen (secondary N) is 2. The van der Waals surface area contributed by atoms with E-state index in [2.05, 4.69) is 10.9 Å². The highest BCUT2D eigenvalue weighted by atomic mass is 19.1. The minimum Gasteiger partial charge on any atom is -0.312 e. The van der Waals surface area contributed by atoms with Gasteiger partial charge in [0.1, 0.15) is 5.82 Å². The van der Waals surface area contributed by atoms with Gasteiger partial charge in [0.25, 0.3) is 5.91 Å². The fourth-order valence-corrected chi connectivity index (χ4v) is 2.97. The number of benzene rings is 2. The molecule has 27 heavy (non-hydrogen) atoms. The highest BCUT2D eigenvalue weighted by molar-refractivity contribution is 6.01. The third kappa shape index (κ3) is 4.31. The molecule has 1 aliphatic rings. The van der Waals surface area contributed by atoms with E-state index in [1.807, 2.05) is 31.2 Å². The number of anilines is 1. The first-order valence-electron chi connectivity index (χ1n) is 8.73. The van der Waals surface area contributed by atoms with Crippen LogP contribution in [0.1, 0.15) is 29.3 Å². The zero-order chi connectivity index (χ0) is 19.4. The largest absolute Gasteiger partial charge is 0.312 e. The summed E-state index contributed by atoms with van der Waals surface area (Å²) in [6.45, 7) is 2.29. The van der Waals surface area contributed by atoms with Crippen LogP contribution in [0.25, 0.3) is 0 Å². The number of hydrogen-bond donors (Lipinski definition) is 2. The summed E-state index contributed by atoms with van der Waals surface area (Å²) < 4.78 is 12.9. The van der Waals surface area contributed by atoms with E-state index in [4.69, 9.17) is 0 Å². The van der Waals surface area contributed by atoms with E-state index in [0.29, 0.717) is 0 Å². The Hall–Kier alpha value is -3.22. The maximum absolute atomic E-state index is 12.9. The van der Waals surface area contributed by atoms with Gasteiger partial charge in [-0.25, -0.2) is 4.39 Å². The molecule has 3 amide bonds. The van der Waals surface area contributed by atoms with Crippen molar-refractivity contribution in [3.05, 3.63) is 65.5 Å². The highest BCUT2D eigenvalue weighted by Crippen LogP contribution is 2.26. The second kappa shape index (κ2) is 7.99. The van der Waals surface area contributed by atoms with Gasteiger partial charge in [-0.3, -0.25) is 25.2 Å². The number of carbonyl (C=O) groups excluding carboxylic acids is 3. The molecule has 6 nitrogen and oxygen atoms in total. The number of carbonyl (C=O) groups is 3. The van der Waals surface area contributed by atoms with Crippen LogP contribution >= 0.6 is 0 Å². The molecular formula is C20H20FN3O3. The van der Waals surface area contributed by atoms with Gasteiger partial charge in [-0.2, -0.15) is 0 Å². The first kappa shape index (κ1) is 18.6. The van der Waals surface area contributed by atoms with Crippen LogP contribution in [0.15, 0.2) is 48.5 Å². The van der Waals surface area contributed by atoms with Crippen molar-refractivity contribution in [2.24, 2.45) is 5.92 Å². The van der Waals surface area contributed by atoms with Crippen LogP contribution < -0.4 is 15.8 Å². The lowest BCUT2D eigenvalue weighted by atomic mass is 10.1. The second-order valence-corrected chi connectivity index (χ2v) is 6.38. The summed E-state index contributed by atoms with van der Waals surface area (Å²) >= 11 is 0. The summed E-state index contributed by atoms with van der Waals surface area (Å²) in [6.07, 6.45) is 0.934. The quantitative estimate of drug-likeness (QED) is 0.811. The van der Waals surface area contributed by atoms with Crippen molar-refractivity contribution in [2.45, 2.75) is 19.8 Å². The zero-order valence-electron chi connectivity index (χ0n) is 14.9. The third-order valence-corrected chi connectivity index (χ3v) is 4.53. The van der Waals surface area contributed by atoms with Crippen LogP contribution in [0, 0.1) is 11.7 Å². The van der Waals surface area contributed by atoms with Crippen LogP contribution in [0.4, 0.5) is 10.1 Å². The van der Waals surface area contributed by atoms with Crippen LogP contribution in [0.3, 0.4) is 0 Å². The molecule has 0 aromatic heterocycles. The average molecular weight is 369 g/mol. The van der Waals surface area contributed by atoms with Crippen molar-refractivity contribution >= 4 is 23.4 Å². The zero-order valence-corrected chi connectivity index (χ0v) is 14.9. The predicted molar refractivity (Wildman–Crippen MR) is 98.3 cm³/mol. The molecule has 1 heterocycles. The summed E-state index contributed by atoms with van der Waals surface area (Å²) in [6, 6.07) is 12.6. The van der Waals surface area contributed by atoms with Crippen molar-refractivity contribution < 1.29 is 18.8 Å². The smallest absolute Gasteiger partial charge is 0.269 e. The van der Waals surface area contributed by atoms with E-state index in [1.165, 1.54) is 12.1 Å². The molecule has 1 fully saturated rings. The van der Waals surface area contributed by atoms with Gasteiger partial charge in [-0.05, 0) is 48.4 Å². The van der Waals surface area contributed by atoms with Crippen molar-refractivity contribution in [1.29, 1.82) is 0 Å². The molecule has 1 saturated heterocycles. The highest BCUT2D eigenvalue weighted by Gasteiger charge is 2.35. The Morgan fingerprint density at radius 1 is 1.15 bits per heavy atom. The van der Waals surface area contributed by atoms with Crippen LogP contribution in [0.2, 0.25) is 0 Å². The molecule has 3 rings (SSSR count). The van der Waals surface area contributed by atoms with Crippen molar-refractivity contribution in [3.63, 3.8) is 0 Å². The van der Waals surface area contributed by atoms with Crippen molar-refractivity contribution in [2.75, 3.05) is 11.4 Å². The molecular weight excluding hydrogens is 349 g/mol. The normalized spacial score (nSPS) is 16.3. The van der Waals surface area contributed by atoms with Gasteiger partial charge >= 0.3 is 0 Å². The lowest BCUT2D eigenvalue weighted by Gasteiger charge is -2.17. The average Bonchev–Trinajstić information content (AvgIpc) is 3.08. The molecule has 2 aromatic carbocycles. The predicted octanol–water partition coefficient (Wildman–Crippen LogP) is 2.20. The number of amides is 3. The minimum atomic E-state index is -0.559. The molecule has 2 N–H and O–H groups in total. The van der Waals surface area contributed by atoms with Gasteiger partial charge in [-0.15, -0.1) is 0 Å². The molecule has 7 heteroatoms. The lowest BCUT2D eigenvalue weighted by molar-refractivity contribution is -0.126. The van der Waals surface area contributed by atoms with Gasteiger partial charge < -0.3 is 4.90 Å². The molecule has 0 bridgehead atoms. The molecule has 1 aliphatic heterocycles. The molecule has 0 spiro atoms. The van der Waals surface area contributed by atoms with E-state index >= 15 is 0 Å². The monoisotopic (exact) mass is 369 g/mol. The van der Waals surface area contributed by atoms with Gasteiger partial charge in [-0.1, -0.05) is 19.1 Å². The lowest BCUT2D eigenvalue weighted by Crippen LogP contribution is -2.45. The maximum atomic E-state index is 12.9. The molecule has 1 atom stereocenters. The van der Waals surface area contributed by atoms with E-state index in [0.717, 1.165) is 29.8 Å². The van der Waals surface area contributed by atoms with E-state index < -0.39 is 23.5 Å². The topological polar surface area (TPSA) is 78.5 Å². The number of rotatable bonds is 4. The number of hydrogen-bond acceptors (Lipinski definition) is 3. The fraction of sp³-hybridized carbons (Fsp3) is 0.250. The van der Waals surface area contributed by atoms with Gasteiger partial charge in [0.15, 0.2) is 0 Å².